The van der Waals surface area contributed by atoms with Crippen molar-refractivity contribution >= 4 is 0 Å². The van der Waals surface area contributed by atoms with Crippen LogP contribution in [0, 0.1) is 5.82 Å². The monoisotopic (exact) mass is 197 g/mol. The molecule has 0 amide bonds. The third kappa shape index (κ3) is 2.23. The second kappa shape index (κ2) is 4.96. The number of ether oxygens (including phenoxy) is 1. The van der Waals surface area contributed by atoms with Crippen LogP contribution in [-0.2, 0) is 0 Å². The second-order valence-corrected chi connectivity index (χ2v) is 3.26. The van der Waals surface area contributed by atoms with Crippen molar-refractivity contribution < 1.29 is 9.13 Å². The maximum absolute atomic E-state index is 13.6. The van der Waals surface area contributed by atoms with Crippen molar-refractivity contribution in [3.05, 3.63) is 29.6 Å². The van der Waals surface area contributed by atoms with Crippen LogP contribution in [0.2, 0.25) is 0 Å². The molecule has 1 aromatic rings. The highest BCUT2D eigenvalue weighted by molar-refractivity contribution is 5.32. The Balaban J connectivity index is 2.96. The molecule has 0 aliphatic heterocycles. The Bertz CT molecular complexity index is 301. The van der Waals surface area contributed by atoms with E-state index >= 15 is 0 Å². The second-order valence-electron chi connectivity index (χ2n) is 3.26. The van der Waals surface area contributed by atoms with Gasteiger partial charge in [0, 0.05) is 11.6 Å². The summed E-state index contributed by atoms with van der Waals surface area (Å²) < 4.78 is 18.5. The van der Waals surface area contributed by atoms with Crippen LogP contribution in [0.5, 0.6) is 5.75 Å². The van der Waals surface area contributed by atoms with Crippen molar-refractivity contribution in [2.75, 3.05) is 7.11 Å². The van der Waals surface area contributed by atoms with Gasteiger partial charge in [-0.05, 0) is 12.5 Å². The fourth-order valence-corrected chi connectivity index (χ4v) is 1.44. The maximum atomic E-state index is 13.6. The van der Waals surface area contributed by atoms with E-state index in [-0.39, 0.29) is 17.6 Å². The molecule has 0 fully saturated rings. The van der Waals surface area contributed by atoms with Gasteiger partial charge in [-0.25, -0.2) is 4.39 Å². The molecule has 2 N–H and O–H groups in total. The Hall–Kier alpha value is -1.09. The molecule has 0 heterocycles. The van der Waals surface area contributed by atoms with Gasteiger partial charge in [0.1, 0.15) is 0 Å². The predicted octanol–water partition coefficient (Wildman–Crippen LogP) is 2.63. The summed E-state index contributed by atoms with van der Waals surface area (Å²) in [5.74, 6) is -0.0787. The van der Waals surface area contributed by atoms with E-state index < -0.39 is 0 Å². The number of hydrogen-bond donors (Lipinski definition) is 1. The lowest BCUT2D eigenvalue weighted by Gasteiger charge is -2.13. The topological polar surface area (TPSA) is 35.2 Å². The van der Waals surface area contributed by atoms with Crippen LogP contribution < -0.4 is 10.5 Å². The van der Waals surface area contributed by atoms with Crippen LogP contribution in [0.1, 0.15) is 31.4 Å². The van der Waals surface area contributed by atoms with Gasteiger partial charge < -0.3 is 10.5 Å². The van der Waals surface area contributed by atoms with Crippen molar-refractivity contribution in [1.29, 1.82) is 0 Å². The van der Waals surface area contributed by atoms with Crippen molar-refractivity contribution in [2.45, 2.75) is 25.8 Å². The molecule has 78 valence electrons. The summed E-state index contributed by atoms with van der Waals surface area (Å²) in [7, 11) is 1.45. The Labute approximate surface area is 83.9 Å². The van der Waals surface area contributed by atoms with Crippen LogP contribution in [0.15, 0.2) is 18.2 Å². The van der Waals surface area contributed by atoms with Crippen molar-refractivity contribution in [1.82, 2.24) is 0 Å². The number of benzene rings is 1. The molecule has 2 nitrogen and oxygen atoms in total. The SMILES string of the molecule is CCC[C@H](N)c1cccc(OC)c1F. The summed E-state index contributed by atoms with van der Waals surface area (Å²) in [6, 6.07) is 4.82. The lowest BCUT2D eigenvalue weighted by Crippen LogP contribution is -2.12. The van der Waals surface area contributed by atoms with E-state index in [0.29, 0.717) is 5.56 Å². The highest BCUT2D eigenvalue weighted by Crippen LogP contribution is 2.25. The fourth-order valence-electron chi connectivity index (χ4n) is 1.44. The quantitative estimate of drug-likeness (QED) is 0.805. The van der Waals surface area contributed by atoms with E-state index in [1.54, 1.807) is 18.2 Å². The first-order valence-electron chi connectivity index (χ1n) is 4.78. The van der Waals surface area contributed by atoms with Gasteiger partial charge in [-0.1, -0.05) is 25.5 Å². The van der Waals surface area contributed by atoms with Gasteiger partial charge >= 0.3 is 0 Å². The average Bonchev–Trinajstić information content (AvgIpc) is 2.18. The summed E-state index contributed by atoms with van der Waals surface area (Å²) in [5.41, 5.74) is 6.37. The summed E-state index contributed by atoms with van der Waals surface area (Å²) in [6.45, 7) is 2.03. The minimum atomic E-state index is -0.337. The Kier molecular flexibility index (Phi) is 3.89. The Morgan fingerprint density at radius 2 is 2.21 bits per heavy atom. The van der Waals surface area contributed by atoms with E-state index in [9.17, 15) is 4.39 Å². The predicted molar refractivity (Wildman–Crippen MR) is 54.8 cm³/mol. The zero-order valence-electron chi connectivity index (χ0n) is 8.59. The third-order valence-electron chi connectivity index (χ3n) is 2.21. The van der Waals surface area contributed by atoms with Gasteiger partial charge in [0.25, 0.3) is 0 Å². The number of methoxy groups -OCH3 is 1. The first-order valence-corrected chi connectivity index (χ1v) is 4.78. The number of rotatable bonds is 4. The van der Waals surface area contributed by atoms with Gasteiger partial charge in [0.05, 0.1) is 7.11 Å². The van der Waals surface area contributed by atoms with Crippen LogP contribution in [0.3, 0.4) is 0 Å². The third-order valence-corrected chi connectivity index (χ3v) is 2.21. The Morgan fingerprint density at radius 1 is 1.50 bits per heavy atom. The number of hydrogen-bond acceptors (Lipinski definition) is 2. The van der Waals surface area contributed by atoms with Crippen LogP contribution in [0.4, 0.5) is 4.39 Å². The first kappa shape index (κ1) is 11.0. The molecule has 0 aromatic heterocycles. The molecule has 0 saturated carbocycles. The highest BCUT2D eigenvalue weighted by atomic mass is 19.1. The highest BCUT2D eigenvalue weighted by Gasteiger charge is 2.13. The van der Waals surface area contributed by atoms with Crippen molar-refractivity contribution in [2.24, 2.45) is 5.73 Å². The number of nitrogens with two attached hydrogens (primary N) is 1. The van der Waals surface area contributed by atoms with E-state index in [1.807, 2.05) is 6.92 Å². The lowest BCUT2D eigenvalue weighted by atomic mass is 10.0. The Morgan fingerprint density at radius 3 is 2.79 bits per heavy atom. The van der Waals surface area contributed by atoms with Gasteiger partial charge in [-0.15, -0.1) is 0 Å². The molecular weight excluding hydrogens is 181 g/mol. The fraction of sp³-hybridized carbons (Fsp3) is 0.455. The van der Waals surface area contributed by atoms with E-state index in [0.717, 1.165) is 12.8 Å². The van der Waals surface area contributed by atoms with Crippen molar-refractivity contribution in [3.8, 4) is 5.75 Å². The van der Waals surface area contributed by atoms with Gasteiger partial charge in [0.2, 0.25) is 0 Å². The zero-order chi connectivity index (χ0) is 10.6. The molecule has 0 aliphatic carbocycles. The average molecular weight is 197 g/mol. The van der Waals surface area contributed by atoms with E-state index in [1.165, 1.54) is 7.11 Å². The molecule has 0 aliphatic rings. The summed E-state index contributed by atoms with van der Waals surface area (Å²) >= 11 is 0. The zero-order valence-corrected chi connectivity index (χ0v) is 8.59. The van der Waals surface area contributed by atoms with E-state index in [2.05, 4.69) is 0 Å². The molecule has 0 saturated heterocycles. The maximum Gasteiger partial charge on any atom is 0.169 e. The molecular formula is C11H16FNO. The molecule has 0 radical (unpaired) electrons. The standard InChI is InChI=1S/C11H16FNO/c1-3-5-9(13)8-6-4-7-10(14-2)11(8)12/h4,6-7,9H,3,5,13H2,1-2H3/t9-/m0/s1. The molecule has 0 spiro atoms. The van der Waals surface area contributed by atoms with Gasteiger partial charge in [-0.2, -0.15) is 0 Å². The molecule has 1 atom stereocenters. The van der Waals surface area contributed by atoms with Crippen LogP contribution >= 0.6 is 0 Å². The largest absolute Gasteiger partial charge is 0.494 e. The van der Waals surface area contributed by atoms with Crippen LogP contribution in [0.25, 0.3) is 0 Å². The van der Waals surface area contributed by atoms with Crippen LogP contribution in [-0.4, -0.2) is 7.11 Å². The summed E-state index contributed by atoms with van der Waals surface area (Å²) in [6.07, 6.45) is 1.72. The van der Waals surface area contributed by atoms with Gasteiger partial charge in [-0.3, -0.25) is 0 Å². The summed E-state index contributed by atoms with van der Waals surface area (Å²) in [5, 5.41) is 0. The molecule has 1 aromatic carbocycles. The molecule has 3 heteroatoms. The number of halogens is 1. The van der Waals surface area contributed by atoms with Crippen molar-refractivity contribution in [3.63, 3.8) is 0 Å². The molecule has 0 bridgehead atoms. The summed E-state index contributed by atoms with van der Waals surface area (Å²) in [4.78, 5) is 0. The van der Waals surface area contributed by atoms with E-state index in [4.69, 9.17) is 10.5 Å². The van der Waals surface area contributed by atoms with Gasteiger partial charge in [0.15, 0.2) is 11.6 Å². The minimum absolute atomic E-state index is 0.241. The molecule has 14 heavy (non-hydrogen) atoms. The lowest BCUT2D eigenvalue weighted by molar-refractivity contribution is 0.381. The molecule has 1 rings (SSSR count). The first-order chi connectivity index (χ1) is 6.70. The molecule has 0 unspecified atom stereocenters. The smallest absolute Gasteiger partial charge is 0.169 e. The normalized spacial score (nSPS) is 12.6. The minimum Gasteiger partial charge on any atom is -0.494 e.